The number of nitrogens with zero attached hydrogens (tertiary/aromatic N) is 1. The van der Waals surface area contributed by atoms with Gasteiger partial charge in [-0.05, 0) is 11.6 Å². The largest absolute Gasteiger partial charge is 0.481 e. The Morgan fingerprint density at radius 2 is 2.21 bits per heavy atom. The van der Waals surface area contributed by atoms with Crippen molar-refractivity contribution in [1.82, 2.24) is 4.98 Å². The summed E-state index contributed by atoms with van der Waals surface area (Å²) in [5, 5.41) is 8.73. The summed E-state index contributed by atoms with van der Waals surface area (Å²) < 4.78 is 42.1. The van der Waals surface area contributed by atoms with E-state index in [1.165, 1.54) is 0 Å². The zero-order valence-corrected chi connectivity index (χ0v) is 7.30. The second kappa shape index (κ2) is 4.28. The summed E-state index contributed by atoms with van der Waals surface area (Å²) >= 11 is 0. The number of halogens is 3. The Hall–Kier alpha value is -1.30. The van der Waals surface area contributed by atoms with Gasteiger partial charge in [0.05, 0.1) is 19.3 Å². The highest BCUT2D eigenvalue weighted by molar-refractivity contribution is 5.35. The molecule has 0 spiro atoms. The predicted molar refractivity (Wildman–Crippen MR) is 41.6 cm³/mol. The van der Waals surface area contributed by atoms with E-state index in [9.17, 15) is 13.2 Å². The van der Waals surface area contributed by atoms with Gasteiger partial charge in [0.15, 0.2) is 0 Å². The summed E-state index contributed by atoms with van der Waals surface area (Å²) in [5.74, 6) is -1.46. The quantitative estimate of drug-likeness (QED) is 0.766. The maximum atomic E-state index is 12.7. The Bertz CT molecular complexity index is 305. The molecule has 0 unspecified atom stereocenters. The van der Waals surface area contributed by atoms with Gasteiger partial charge in [-0.25, -0.2) is 8.78 Å². The molecule has 0 atom stereocenters. The molecule has 1 aromatic rings. The van der Waals surface area contributed by atoms with E-state index >= 15 is 0 Å². The fraction of sp³-hybridized carbons (Fsp3) is 0.375. The lowest BCUT2D eigenvalue weighted by Crippen LogP contribution is -2.03. The number of hydrogen-bond acceptors (Lipinski definition) is 3. The Kier molecular flexibility index (Phi) is 3.29. The number of ether oxygens (including phenoxy) is 1. The molecule has 6 heteroatoms. The molecule has 0 aliphatic carbocycles. The highest BCUT2D eigenvalue weighted by Crippen LogP contribution is 2.30. The number of aliphatic hydroxyl groups excluding tert-OH is 1. The monoisotopic (exact) mass is 207 g/mol. The second-order valence-corrected chi connectivity index (χ2v) is 2.49. The molecule has 1 heterocycles. The molecule has 0 fully saturated rings. The molecule has 78 valence electrons. The summed E-state index contributed by atoms with van der Waals surface area (Å²) in [4.78, 5) is 3.14. The van der Waals surface area contributed by atoms with Gasteiger partial charge >= 0.3 is 0 Å². The lowest BCUT2D eigenvalue weighted by Gasteiger charge is -2.10. The number of pyridine rings is 1. The van der Waals surface area contributed by atoms with Crippen LogP contribution in [0.15, 0.2) is 6.07 Å². The van der Waals surface area contributed by atoms with Gasteiger partial charge in [0.25, 0.3) is 6.43 Å². The lowest BCUT2D eigenvalue weighted by molar-refractivity contribution is 0.141. The first kappa shape index (κ1) is 10.8. The van der Waals surface area contributed by atoms with Gasteiger partial charge in [-0.1, -0.05) is 0 Å². The van der Waals surface area contributed by atoms with Gasteiger partial charge < -0.3 is 9.84 Å². The van der Waals surface area contributed by atoms with Gasteiger partial charge in [0, 0.05) is 0 Å². The average Bonchev–Trinajstić information content (AvgIpc) is 2.15. The minimum atomic E-state index is -2.86. The van der Waals surface area contributed by atoms with Gasteiger partial charge in [-0.2, -0.15) is 9.37 Å². The highest BCUT2D eigenvalue weighted by atomic mass is 19.3. The molecule has 0 radical (unpaired) electrons. The molecule has 0 aromatic carbocycles. The third-order valence-corrected chi connectivity index (χ3v) is 1.66. The Morgan fingerprint density at radius 3 is 2.64 bits per heavy atom. The number of aliphatic hydroxyl groups is 1. The normalized spacial score (nSPS) is 10.7. The van der Waals surface area contributed by atoms with Gasteiger partial charge in [0.2, 0.25) is 11.8 Å². The van der Waals surface area contributed by atoms with E-state index in [0.29, 0.717) is 0 Å². The Balaban J connectivity index is 3.33. The molecular formula is C8H8F3NO2. The molecule has 0 aliphatic rings. The van der Waals surface area contributed by atoms with Crippen LogP contribution in [-0.2, 0) is 6.61 Å². The number of rotatable bonds is 3. The van der Waals surface area contributed by atoms with Crippen molar-refractivity contribution in [3.8, 4) is 5.88 Å². The van der Waals surface area contributed by atoms with Crippen LogP contribution in [0.4, 0.5) is 13.2 Å². The van der Waals surface area contributed by atoms with Crippen LogP contribution in [0.5, 0.6) is 5.88 Å². The molecule has 1 aromatic heterocycles. The van der Waals surface area contributed by atoms with Crippen molar-refractivity contribution >= 4 is 0 Å². The molecular weight excluding hydrogens is 199 g/mol. The predicted octanol–water partition coefficient (Wildman–Crippen LogP) is 1.66. The van der Waals surface area contributed by atoms with E-state index in [4.69, 9.17) is 5.11 Å². The van der Waals surface area contributed by atoms with Crippen molar-refractivity contribution in [1.29, 1.82) is 0 Å². The molecule has 0 saturated heterocycles. The number of hydrogen-bond donors (Lipinski definition) is 1. The standard InChI is InChI=1S/C8H8F3NO2/c1-14-8-6(7(10)11)4(3-13)2-5(9)12-8/h2,7,13H,3H2,1H3. The van der Waals surface area contributed by atoms with Crippen LogP contribution in [-0.4, -0.2) is 17.2 Å². The van der Waals surface area contributed by atoms with E-state index in [1.54, 1.807) is 0 Å². The van der Waals surface area contributed by atoms with Crippen molar-refractivity contribution in [2.45, 2.75) is 13.0 Å². The van der Waals surface area contributed by atoms with Gasteiger partial charge in [0.1, 0.15) is 0 Å². The first-order valence-corrected chi connectivity index (χ1v) is 3.72. The van der Waals surface area contributed by atoms with Crippen molar-refractivity contribution < 1.29 is 23.0 Å². The second-order valence-electron chi connectivity index (χ2n) is 2.49. The summed E-state index contributed by atoms with van der Waals surface area (Å²) in [6.07, 6.45) is -2.86. The summed E-state index contributed by atoms with van der Waals surface area (Å²) in [6.45, 7) is -0.685. The van der Waals surface area contributed by atoms with Crippen LogP contribution in [0, 0.1) is 5.95 Å². The van der Waals surface area contributed by atoms with Crippen LogP contribution in [0.3, 0.4) is 0 Å². The fourth-order valence-electron chi connectivity index (χ4n) is 1.07. The maximum Gasteiger partial charge on any atom is 0.269 e. The van der Waals surface area contributed by atoms with Crippen LogP contribution in [0.25, 0.3) is 0 Å². The van der Waals surface area contributed by atoms with Crippen molar-refractivity contribution in [2.75, 3.05) is 7.11 Å². The molecule has 0 saturated carbocycles. The van der Waals surface area contributed by atoms with Crippen molar-refractivity contribution in [3.05, 3.63) is 23.1 Å². The van der Waals surface area contributed by atoms with E-state index in [-0.39, 0.29) is 5.56 Å². The molecule has 1 rings (SSSR count). The fourth-order valence-corrected chi connectivity index (χ4v) is 1.07. The molecule has 3 nitrogen and oxygen atoms in total. The highest BCUT2D eigenvalue weighted by Gasteiger charge is 2.21. The van der Waals surface area contributed by atoms with Crippen LogP contribution in [0.2, 0.25) is 0 Å². The molecule has 0 aliphatic heterocycles. The van der Waals surface area contributed by atoms with Gasteiger partial charge in [-0.15, -0.1) is 0 Å². The third-order valence-electron chi connectivity index (χ3n) is 1.66. The maximum absolute atomic E-state index is 12.7. The number of aromatic nitrogens is 1. The SMILES string of the molecule is COc1nc(F)cc(CO)c1C(F)F. The Labute approximate surface area is 78.2 Å². The zero-order valence-electron chi connectivity index (χ0n) is 7.30. The minimum Gasteiger partial charge on any atom is -0.481 e. The van der Waals surface area contributed by atoms with Crippen LogP contribution in [0.1, 0.15) is 17.6 Å². The van der Waals surface area contributed by atoms with Crippen LogP contribution < -0.4 is 4.74 Å². The van der Waals surface area contributed by atoms with Crippen molar-refractivity contribution in [2.24, 2.45) is 0 Å². The average molecular weight is 207 g/mol. The van der Waals surface area contributed by atoms with E-state index < -0.39 is 30.4 Å². The van der Waals surface area contributed by atoms with E-state index in [0.717, 1.165) is 13.2 Å². The minimum absolute atomic E-state index is 0.218. The zero-order chi connectivity index (χ0) is 10.7. The first-order chi connectivity index (χ1) is 6.60. The number of methoxy groups -OCH3 is 1. The summed E-state index contributed by atoms with van der Waals surface area (Å²) in [6, 6.07) is 0.754. The summed E-state index contributed by atoms with van der Waals surface area (Å²) in [7, 11) is 1.11. The topological polar surface area (TPSA) is 42.4 Å². The van der Waals surface area contributed by atoms with Crippen LogP contribution >= 0.6 is 0 Å². The summed E-state index contributed by atoms with van der Waals surface area (Å²) in [5.41, 5.74) is -0.791. The van der Waals surface area contributed by atoms with E-state index in [2.05, 4.69) is 9.72 Å². The molecule has 0 bridgehead atoms. The van der Waals surface area contributed by atoms with E-state index in [1.807, 2.05) is 0 Å². The molecule has 0 amide bonds. The smallest absolute Gasteiger partial charge is 0.269 e. The Morgan fingerprint density at radius 1 is 1.57 bits per heavy atom. The molecule has 1 N–H and O–H groups in total. The third kappa shape index (κ3) is 1.95. The van der Waals surface area contributed by atoms with Crippen molar-refractivity contribution in [3.63, 3.8) is 0 Å². The molecule has 14 heavy (non-hydrogen) atoms. The number of alkyl halides is 2. The first-order valence-electron chi connectivity index (χ1n) is 3.72. The lowest BCUT2D eigenvalue weighted by atomic mass is 10.1. The van der Waals surface area contributed by atoms with Gasteiger partial charge in [-0.3, -0.25) is 0 Å².